The van der Waals surface area contributed by atoms with Crippen LogP contribution in [0.3, 0.4) is 0 Å². The number of nitrogens with zero attached hydrogens (tertiary/aromatic N) is 1. The SMILES string of the molecule is Cc1cccc(N(CCCN)S(=O)(=O)C(C)C)c1. The van der Waals surface area contributed by atoms with Crippen LogP contribution in [0, 0.1) is 6.92 Å². The molecule has 0 radical (unpaired) electrons. The van der Waals surface area contributed by atoms with Crippen molar-refractivity contribution >= 4 is 15.7 Å². The summed E-state index contributed by atoms with van der Waals surface area (Å²) in [6.45, 7) is 6.25. The molecule has 1 rings (SSSR count). The zero-order chi connectivity index (χ0) is 13.8. The van der Waals surface area contributed by atoms with Crippen molar-refractivity contribution in [2.45, 2.75) is 32.4 Å². The summed E-state index contributed by atoms with van der Waals surface area (Å²) in [7, 11) is -3.30. The average Bonchev–Trinajstić information content (AvgIpc) is 2.29. The summed E-state index contributed by atoms with van der Waals surface area (Å²) in [6, 6.07) is 7.53. The van der Waals surface area contributed by atoms with Crippen molar-refractivity contribution in [3.05, 3.63) is 29.8 Å². The topological polar surface area (TPSA) is 63.4 Å². The van der Waals surface area contributed by atoms with Crippen molar-refractivity contribution in [2.75, 3.05) is 17.4 Å². The Balaban J connectivity index is 3.14. The van der Waals surface area contributed by atoms with Crippen LogP contribution in [0.4, 0.5) is 5.69 Å². The van der Waals surface area contributed by atoms with Gasteiger partial charge in [-0.05, 0) is 51.4 Å². The summed E-state index contributed by atoms with van der Waals surface area (Å²) in [5, 5.41) is -0.434. The van der Waals surface area contributed by atoms with Crippen molar-refractivity contribution in [2.24, 2.45) is 5.73 Å². The molecule has 0 aromatic heterocycles. The molecule has 0 atom stereocenters. The van der Waals surface area contributed by atoms with Crippen LogP contribution in [0.15, 0.2) is 24.3 Å². The third kappa shape index (κ3) is 3.46. The van der Waals surface area contributed by atoms with Gasteiger partial charge in [0.1, 0.15) is 0 Å². The first-order chi connectivity index (χ1) is 8.39. The van der Waals surface area contributed by atoms with Gasteiger partial charge in [-0.3, -0.25) is 4.31 Å². The fourth-order valence-electron chi connectivity index (χ4n) is 1.68. The number of hydrogen-bond acceptors (Lipinski definition) is 3. The summed E-state index contributed by atoms with van der Waals surface area (Å²) in [5.41, 5.74) is 7.25. The molecule has 0 aliphatic rings. The maximum Gasteiger partial charge on any atom is 0.237 e. The van der Waals surface area contributed by atoms with Crippen LogP contribution in [0.25, 0.3) is 0 Å². The third-order valence-corrected chi connectivity index (χ3v) is 4.96. The lowest BCUT2D eigenvalue weighted by atomic mass is 10.2. The monoisotopic (exact) mass is 270 g/mol. The Morgan fingerprint density at radius 1 is 1.33 bits per heavy atom. The molecule has 18 heavy (non-hydrogen) atoms. The van der Waals surface area contributed by atoms with Crippen molar-refractivity contribution in [3.8, 4) is 0 Å². The number of nitrogens with two attached hydrogens (primary N) is 1. The highest BCUT2D eigenvalue weighted by Crippen LogP contribution is 2.22. The molecule has 5 heteroatoms. The fraction of sp³-hybridized carbons (Fsp3) is 0.538. The lowest BCUT2D eigenvalue weighted by Gasteiger charge is -2.26. The highest BCUT2D eigenvalue weighted by molar-refractivity contribution is 7.93. The Kier molecular flexibility index (Phi) is 5.16. The van der Waals surface area contributed by atoms with Crippen LogP contribution in [0.5, 0.6) is 0 Å². The third-order valence-electron chi connectivity index (χ3n) is 2.76. The van der Waals surface area contributed by atoms with E-state index in [1.165, 1.54) is 4.31 Å². The second-order valence-electron chi connectivity index (χ2n) is 4.65. The molecule has 102 valence electrons. The van der Waals surface area contributed by atoms with Crippen LogP contribution >= 0.6 is 0 Å². The Hall–Kier alpha value is -1.07. The first-order valence-corrected chi connectivity index (χ1v) is 7.68. The highest BCUT2D eigenvalue weighted by atomic mass is 32.2. The lowest BCUT2D eigenvalue weighted by molar-refractivity contribution is 0.580. The van der Waals surface area contributed by atoms with Gasteiger partial charge in [0.15, 0.2) is 0 Å². The molecule has 0 amide bonds. The summed E-state index contributed by atoms with van der Waals surface area (Å²) in [5.74, 6) is 0. The minimum absolute atomic E-state index is 0.431. The van der Waals surface area contributed by atoms with E-state index in [1.54, 1.807) is 13.8 Å². The van der Waals surface area contributed by atoms with E-state index in [9.17, 15) is 8.42 Å². The van der Waals surface area contributed by atoms with Crippen molar-refractivity contribution < 1.29 is 8.42 Å². The predicted octanol–water partition coefficient (Wildman–Crippen LogP) is 1.89. The second-order valence-corrected chi connectivity index (χ2v) is 7.06. The summed E-state index contributed by atoms with van der Waals surface area (Å²) in [6.07, 6.45) is 0.653. The van der Waals surface area contributed by atoms with Crippen molar-refractivity contribution in [1.82, 2.24) is 0 Å². The molecule has 0 saturated heterocycles. The molecule has 0 aliphatic carbocycles. The smallest absolute Gasteiger partial charge is 0.237 e. The quantitative estimate of drug-likeness (QED) is 0.858. The molecule has 0 saturated carbocycles. The second kappa shape index (κ2) is 6.20. The van der Waals surface area contributed by atoms with E-state index in [-0.39, 0.29) is 0 Å². The average molecular weight is 270 g/mol. The molecule has 0 spiro atoms. The summed E-state index contributed by atoms with van der Waals surface area (Å²) in [4.78, 5) is 0. The maximum absolute atomic E-state index is 12.3. The van der Waals surface area contributed by atoms with E-state index in [0.29, 0.717) is 19.5 Å². The van der Waals surface area contributed by atoms with Gasteiger partial charge in [0.25, 0.3) is 0 Å². The largest absolute Gasteiger partial charge is 0.330 e. The number of hydrogen-bond donors (Lipinski definition) is 1. The van der Waals surface area contributed by atoms with Gasteiger partial charge in [0.2, 0.25) is 10.0 Å². The number of aryl methyl sites for hydroxylation is 1. The fourth-order valence-corrected chi connectivity index (χ4v) is 2.98. The van der Waals surface area contributed by atoms with E-state index in [4.69, 9.17) is 5.73 Å². The maximum atomic E-state index is 12.3. The standard InChI is InChI=1S/C13H22N2O2S/c1-11(2)18(16,17)15(9-5-8-14)13-7-4-6-12(3)10-13/h4,6-7,10-11H,5,8-9,14H2,1-3H3. The van der Waals surface area contributed by atoms with E-state index in [2.05, 4.69) is 0 Å². The van der Waals surface area contributed by atoms with Gasteiger partial charge < -0.3 is 5.73 Å². The normalized spacial score (nSPS) is 11.8. The first kappa shape index (κ1) is 15.0. The van der Waals surface area contributed by atoms with Gasteiger partial charge in [-0.15, -0.1) is 0 Å². The van der Waals surface area contributed by atoms with E-state index < -0.39 is 15.3 Å². The molecule has 0 aliphatic heterocycles. The molecule has 1 aromatic rings. The molecule has 1 aromatic carbocycles. The minimum atomic E-state index is -3.30. The molecule has 4 nitrogen and oxygen atoms in total. The Morgan fingerprint density at radius 2 is 2.00 bits per heavy atom. The van der Waals surface area contributed by atoms with Crippen LogP contribution in [0.1, 0.15) is 25.8 Å². The van der Waals surface area contributed by atoms with Gasteiger partial charge in [-0.25, -0.2) is 8.42 Å². The van der Waals surface area contributed by atoms with Gasteiger partial charge in [-0.1, -0.05) is 12.1 Å². The number of sulfonamides is 1. The van der Waals surface area contributed by atoms with Gasteiger partial charge in [0, 0.05) is 6.54 Å². The summed E-state index contributed by atoms with van der Waals surface area (Å²) < 4.78 is 26.1. The van der Waals surface area contributed by atoms with E-state index in [1.807, 2.05) is 31.2 Å². The zero-order valence-electron chi connectivity index (χ0n) is 11.3. The lowest BCUT2D eigenvalue weighted by Crippen LogP contribution is -2.37. The number of benzene rings is 1. The Bertz CT molecular complexity index is 484. The van der Waals surface area contributed by atoms with Crippen molar-refractivity contribution in [3.63, 3.8) is 0 Å². The molecule has 0 heterocycles. The molecular weight excluding hydrogens is 248 g/mol. The Labute approximate surface area is 110 Å². The minimum Gasteiger partial charge on any atom is -0.330 e. The molecule has 2 N–H and O–H groups in total. The van der Waals surface area contributed by atoms with Gasteiger partial charge >= 0.3 is 0 Å². The van der Waals surface area contributed by atoms with Crippen LogP contribution in [-0.4, -0.2) is 26.8 Å². The van der Waals surface area contributed by atoms with Gasteiger partial charge in [-0.2, -0.15) is 0 Å². The Morgan fingerprint density at radius 3 is 2.50 bits per heavy atom. The van der Waals surface area contributed by atoms with Crippen LogP contribution in [0.2, 0.25) is 0 Å². The number of rotatable bonds is 6. The molecule has 0 bridgehead atoms. The van der Waals surface area contributed by atoms with Crippen LogP contribution in [-0.2, 0) is 10.0 Å². The highest BCUT2D eigenvalue weighted by Gasteiger charge is 2.25. The van der Waals surface area contributed by atoms with E-state index in [0.717, 1.165) is 11.3 Å². The molecular formula is C13H22N2O2S. The summed E-state index contributed by atoms with van der Waals surface area (Å²) >= 11 is 0. The van der Waals surface area contributed by atoms with E-state index >= 15 is 0 Å². The molecule has 0 unspecified atom stereocenters. The van der Waals surface area contributed by atoms with Gasteiger partial charge in [0.05, 0.1) is 10.9 Å². The zero-order valence-corrected chi connectivity index (χ0v) is 12.1. The first-order valence-electron chi connectivity index (χ1n) is 6.18. The van der Waals surface area contributed by atoms with Crippen LogP contribution < -0.4 is 10.0 Å². The van der Waals surface area contributed by atoms with Crippen molar-refractivity contribution in [1.29, 1.82) is 0 Å². The number of anilines is 1. The predicted molar refractivity (Wildman–Crippen MR) is 76.3 cm³/mol. The molecule has 0 fully saturated rings.